The van der Waals surface area contributed by atoms with Crippen LogP contribution in [0.2, 0.25) is 0 Å². The first-order valence-electron chi connectivity index (χ1n) is 26.7. The molecule has 31 heteroatoms. The molecule has 2 rings (SSSR count). The van der Waals surface area contributed by atoms with Gasteiger partial charge in [0.25, 0.3) is 0 Å². The van der Waals surface area contributed by atoms with E-state index in [-0.39, 0.29) is 82.4 Å². The lowest BCUT2D eigenvalue weighted by atomic mass is 9.98. The molecule has 0 saturated carbocycles. The number of aliphatic hydroxyl groups is 1. The summed E-state index contributed by atoms with van der Waals surface area (Å²) in [7, 11) is 0. The number of nitrogens with two attached hydrogens (primary N) is 5. The summed E-state index contributed by atoms with van der Waals surface area (Å²) in [6, 6.07) is -13.1. The van der Waals surface area contributed by atoms with E-state index >= 15 is 0 Å². The summed E-state index contributed by atoms with van der Waals surface area (Å²) in [5.74, 6) is -12.1. The predicted octanol–water partition coefficient (Wildman–Crippen LogP) is -6.40. The molecule has 0 aromatic heterocycles. The van der Waals surface area contributed by atoms with E-state index in [9.17, 15) is 72.5 Å². The number of aliphatic imine (C=N–C) groups is 1. The quantitative estimate of drug-likeness (QED) is 0.0165. The fourth-order valence-corrected chi connectivity index (χ4v) is 8.74. The lowest BCUT2D eigenvalue weighted by molar-refractivity contribution is -0.148. The Morgan fingerprint density at radius 3 is 1.77 bits per heavy atom. The molecule has 20 N–H and O–H groups in total. The molecule has 12 amide bonds. The van der Waals surface area contributed by atoms with Gasteiger partial charge in [-0.15, -0.1) is 0 Å². The Kier molecular flexibility index (Phi) is 28.2. The number of carboxylic acids is 1. The number of amides is 12. The van der Waals surface area contributed by atoms with Gasteiger partial charge in [0, 0.05) is 26.1 Å². The Labute approximate surface area is 463 Å². The molecular formula is C49H84N16O15. The van der Waals surface area contributed by atoms with E-state index in [1.807, 2.05) is 6.92 Å². The van der Waals surface area contributed by atoms with Gasteiger partial charge in [-0.2, -0.15) is 0 Å². The van der Waals surface area contributed by atoms with Crippen LogP contribution in [0.25, 0.3) is 0 Å². The fraction of sp³-hybridized carbons (Fsp3) is 0.714. The first-order valence-corrected chi connectivity index (χ1v) is 26.7. The van der Waals surface area contributed by atoms with Crippen molar-refractivity contribution in [2.75, 3.05) is 26.2 Å². The maximum atomic E-state index is 14.2. The highest BCUT2D eigenvalue weighted by molar-refractivity contribution is 5.99. The topological polar surface area (TPSA) is 508 Å². The minimum atomic E-state index is -1.65. The van der Waals surface area contributed by atoms with Gasteiger partial charge in [-0.25, -0.2) is 4.79 Å². The van der Waals surface area contributed by atoms with Crippen molar-refractivity contribution >= 4 is 82.8 Å². The Morgan fingerprint density at radius 2 is 1.21 bits per heavy atom. The van der Waals surface area contributed by atoms with Crippen molar-refractivity contribution in [2.45, 2.75) is 186 Å². The highest BCUT2D eigenvalue weighted by Crippen LogP contribution is 2.26. The van der Waals surface area contributed by atoms with Crippen molar-refractivity contribution in [1.82, 2.24) is 52.3 Å². The van der Waals surface area contributed by atoms with Crippen LogP contribution >= 0.6 is 0 Å². The predicted molar refractivity (Wildman–Crippen MR) is 286 cm³/mol. The number of carboxylic acid groups (broad SMARTS) is 1. The van der Waals surface area contributed by atoms with E-state index in [0.29, 0.717) is 19.3 Å². The molecular weight excluding hydrogens is 1050 g/mol. The van der Waals surface area contributed by atoms with Gasteiger partial charge in [0.2, 0.25) is 70.9 Å². The average Bonchev–Trinajstić information content (AvgIpc) is 4.09. The molecule has 31 nitrogen and oxygen atoms in total. The lowest BCUT2D eigenvalue weighted by Crippen LogP contribution is -2.60. The summed E-state index contributed by atoms with van der Waals surface area (Å²) in [4.78, 5) is 176. The second kappa shape index (κ2) is 33.0. The Balaban J connectivity index is 2.11. The second-order valence-corrected chi connectivity index (χ2v) is 20.6. The summed E-state index contributed by atoms with van der Waals surface area (Å²) >= 11 is 0. The zero-order valence-electron chi connectivity index (χ0n) is 46.5. The van der Waals surface area contributed by atoms with Gasteiger partial charge in [-0.3, -0.25) is 62.5 Å². The zero-order chi connectivity index (χ0) is 60.7. The molecule has 0 unspecified atom stereocenters. The van der Waals surface area contributed by atoms with Crippen molar-refractivity contribution in [3.63, 3.8) is 0 Å². The highest BCUT2D eigenvalue weighted by atomic mass is 16.4. The first kappa shape index (κ1) is 68.4. The van der Waals surface area contributed by atoms with Gasteiger partial charge >= 0.3 is 5.97 Å². The maximum absolute atomic E-state index is 14.2. The summed E-state index contributed by atoms with van der Waals surface area (Å²) in [6.07, 6.45) is -0.913. The summed E-state index contributed by atoms with van der Waals surface area (Å²) in [6.45, 7) is 10.4. The van der Waals surface area contributed by atoms with Crippen molar-refractivity contribution in [3.05, 3.63) is 0 Å². The van der Waals surface area contributed by atoms with E-state index in [2.05, 4.69) is 47.5 Å². The number of likely N-dealkylation sites (tertiary alicyclic amines) is 2. The summed E-state index contributed by atoms with van der Waals surface area (Å²) in [5, 5.41) is 39.4. The normalized spacial score (nSPS) is 18.7. The number of hydrogen-bond acceptors (Lipinski definition) is 16. The Bertz CT molecular complexity index is 2280. The SMILES string of the molecule is CC[C@H](C)[C@H](N)C(=O)N[C@@H](CCC(N)=O)C(=O)NCC(=O)N[C@@H](CC(N)=O)C(=O)N[C@@H](C)C(=O)N[C@@H](C)C(=O)N1CCC[C@H]1C(=O)N1CCC[C@H]1C(=O)N[C@@H](CC(C)C)C(=O)N[C@H](C(=O)N[C@@H](CCCN=C(N)N)C(=O)O)[C@@H](C)O. The van der Waals surface area contributed by atoms with Crippen LogP contribution < -0.4 is 71.2 Å². The minimum Gasteiger partial charge on any atom is -0.480 e. The molecule has 0 radical (unpaired) electrons. The molecule has 0 bridgehead atoms. The molecule has 2 fully saturated rings. The molecule has 0 aliphatic carbocycles. The Morgan fingerprint density at radius 1 is 0.625 bits per heavy atom. The van der Waals surface area contributed by atoms with Crippen molar-refractivity contribution < 1.29 is 72.5 Å². The van der Waals surface area contributed by atoms with Crippen LogP contribution in [0.4, 0.5) is 0 Å². The molecule has 12 atom stereocenters. The fourth-order valence-electron chi connectivity index (χ4n) is 8.74. The first-order chi connectivity index (χ1) is 37.4. The van der Waals surface area contributed by atoms with Crippen LogP contribution in [0, 0.1) is 11.8 Å². The smallest absolute Gasteiger partial charge is 0.326 e. The van der Waals surface area contributed by atoms with Crippen LogP contribution in [0.3, 0.4) is 0 Å². The number of carbonyl (C=O) groups excluding carboxylic acids is 12. The van der Waals surface area contributed by atoms with Crippen LogP contribution in [0.5, 0.6) is 0 Å². The number of guanidine groups is 1. The van der Waals surface area contributed by atoms with Gasteiger partial charge in [-0.05, 0) is 84.0 Å². The van der Waals surface area contributed by atoms with E-state index in [1.54, 1.807) is 20.8 Å². The molecule has 2 aliphatic rings. The van der Waals surface area contributed by atoms with Crippen LogP contribution in [0.15, 0.2) is 4.99 Å². The summed E-state index contributed by atoms with van der Waals surface area (Å²) < 4.78 is 0. The lowest BCUT2D eigenvalue weighted by Gasteiger charge is -2.33. The molecule has 2 aliphatic heterocycles. The zero-order valence-corrected chi connectivity index (χ0v) is 46.5. The highest BCUT2D eigenvalue weighted by Gasteiger charge is 2.44. The molecule has 0 spiro atoms. The van der Waals surface area contributed by atoms with Gasteiger partial charge in [0.1, 0.15) is 54.4 Å². The maximum Gasteiger partial charge on any atom is 0.326 e. The second-order valence-electron chi connectivity index (χ2n) is 20.6. The van der Waals surface area contributed by atoms with Crippen LogP contribution in [-0.4, -0.2) is 196 Å². The third-order valence-electron chi connectivity index (χ3n) is 13.5. The number of aliphatic hydroxyl groups excluding tert-OH is 1. The van der Waals surface area contributed by atoms with Gasteiger partial charge in [0.15, 0.2) is 5.96 Å². The molecule has 2 saturated heterocycles. The molecule has 0 aromatic rings. The number of aliphatic carboxylic acids is 1. The third kappa shape index (κ3) is 22.2. The third-order valence-corrected chi connectivity index (χ3v) is 13.5. The van der Waals surface area contributed by atoms with E-state index < -0.39 is 156 Å². The number of primary amides is 2. The Hall–Kier alpha value is -7.70. The van der Waals surface area contributed by atoms with Gasteiger partial charge in [0.05, 0.1) is 25.1 Å². The number of nitrogens with one attached hydrogen (secondary N) is 8. The largest absolute Gasteiger partial charge is 0.480 e. The molecule has 0 aromatic carbocycles. The molecule has 80 heavy (non-hydrogen) atoms. The number of nitrogens with zero attached hydrogens (tertiary/aromatic N) is 3. The summed E-state index contributed by atoms with van der Waals surface area (Å²) in [5.41, 5.74) is 27.2. The van der Waals surface area contributed by atoms with Crippen molar-refractivity contribution in [2.24, 2.45) is 45.5 Å². The van der Waals surface area contributed by atoms with E-state index in [1.165, 1.54) is 30.6 Å². The standard InChI is InChI=1S/C49H84N16O15/c1-8-24(4)37(52)44(75)60-28(15-16-34(50)67)40(71)56-22-36(69)59-31(21-35(51)68)41(72)57-25(5)39(70)58-26(6)46(77)65-19-11-14-33(65)47(78)64-18-10-13-32(64)43(74)62-30(20-23(2)3)42(73)63-38(27(7)66)45(76)61-29(48(79)80)12-9-17-55-49(53)54/h23-33,37-38,66H,8-22,52H2,1-7H3,(H2,50,67)(H2,51,68)(H,56,71)(H,57,72)(H,58,70)(H,59,69)(H,60,75)(H,61,76)(H,62,74)(H,63,73)(H,79,80)(H4,53,54,55)/t24-,25-,26-,27+,28-,29-,30-,31-,32-,33-,37-,38-/m0/s1. The number of carbonyl (C=O) groups is 13. The van der Waals surface area contributed by atoms with Gasteiger partial charge < -0.3 is 91.2 Å². The minimum absolute atomic E-state index is 0.0553. The van der Waals surface area contributed by atoms with E-state index in [4.69, 9.17) is 28.7 Å². The molecule has 2 heterocycles. The van der Waals surface area contributed by atoms with Crippen molar-refractivity contribution in [1.29, 1.82) is 0 Å². The number of hydrogen-bond donors (Lipinski definition) is 15. The monoisotopic (exact) mass is 1140 g/mol. The van der Waals surface area contributed by atoms with Crippen molar-refractivity contribution in [3.8, 4) is 0 Å². The van der Waals surface area contributed by atoms with Crippen LogP contribution in [-0.2, 0) is 62.3 Å². The molecule has 450 valence electrons. The van der Waals surface area contributed by atoms with Crippen LogP contribution in [0.1, 0.15) is 119 Å². The average molecular weight is 1140 g/mol. The van der Waals surface area contributed by atoms with Gasteiger partial charge in [-0.1, -0.05) is 34.1 Å². The number of rotatable bonds is 33. The van der Waals surface area contributed by atoms with E-state index in [0.717, 1.165) is 0 Å².